The molecule has 1 rings (SSSR count). The summed E-state index contributed by atoms with van der Waals surface area (Å²) in [5, 5.41) is 13.1. The molecule has 0 aromatic heterocycles. The van der Waals surface area contributed by atoms with Crippen LogP contribution in [-0.2, 0) is 0 Å². The Kier molecular flexibility index (Phi) is 3.49. The third-order valence-corrected chi connectivity index (χ3v) is 2.13. The Morgan fingerprint density at radius 2 is 1.94 bits per heavy atom. The number of nitro benzene ring substituents is 1. The van der Waals surface area contributed by atoms with Gasteiger partial charge in [-0.05, 0) is 26.0 Å². The zero-order valence-corrected chi connectivity index (χ0v) is 9.56. The lowest BCUT2D eigenvalue weighted by Gasteiger charge is -2.19. The molecule has 88 valence electrons. The molecule has 5 nitrogen and oxygen atoms in total. The van der Waals surface area contributed by atoms with Crippen molar-refractivity contribution in [3.8, 4) is 12.3 Å². The molecular weight excluding hydrogens is 220 g/mol. The van der Waals surface area contributed by atoms with Crippen molar-refractivity contribution >= 4 is 11.6 Å². The number of nitrogens with one attached hydrogen (secondary N) is 1. The summed E-state index contributed by atoms with van der Waals surface area (Å²) in [6.07, 6.45) is 5.24. The number of carbonyl (C=O) groups is 1. The lowest BCUT2D eigenvalue weighted by Crippen LogP contribution is -2.42. The molecule has 0 fully saturated rings. The van der Waals surface area contributed by atoms with Crippen molar-refractivity contribution in [2.24, 2.45) is 0 Å². The van der Waals surface area contributed by atoms with E-state index in [1.54, 1.807) is 13.8 Å². The van der Waals surface area contributed by atoms with E-state index >= 15 is 0 Å². The fourth-order valence-corrected chi connectivity index (χ4v) is 1.13. The van der Waals surface area contributed by atoms with Gasteiger partial charge in [0.25, 0.3) is 11.6 Å². The van der Waals surface area contributed by atoms with Gasteiger partial charge in [0.2, 0.25) is 0 Å². The van der Waals surface area contributed by atoms with Crippen molar-refractivity contribution < 1.29 is 9.72 Å². The van der Waals surface area contributed by atoms with Gasteiger partial charge in [0.1, 0.15) is 0 Å². The highest BCUT2D eigenvalue weighted by atomic mass is 16.6. The van der Waals surface area contributed by atoms with Gasteiger partial charge in [-0.1, -0.05) is 5.92 Å². The van der Waals surface area contributed by atoms with Gasteiger partial charge >= 0.3 is 0 Å². The average Bonchev–Trinajstić information content (AvgIpc) is 2.28. The molecule has 0 heterocycles. The molecule has 0 saturated carbocycles. The Labute approximate surface area is 99.0 Å². The first-order valence-corrected chi connectivity index (χ1v) is 4.90. The van der Waals surface area contributed by atoms with Crippen molar-refractivity contribution in [3.05, 3.63) is 39.9 Å². The summed E-state index contributed by atoms with van der Waals surface area (Å²) in [6, 6.07) is 5.33. The topological polar surface area (TPSA) is 72.2 Å². The zero-order chi connectivity index (χ0) is 13.1. The summed E-state index contributed by atoms with van der Waals surface area (Å²) in [6.45, 7) is 3.38. The molecule has 0 aliphatic heterocycles. The minimum absolute atomic E-state index is 0.0576. The van der Waals surface area contributed by atoms with E-state index in [-0.39, 0.29) is 11.6 Å². The van der Waals surface area contributed by atoms with Gasteiger partial charge in [-0.15, -0.1) is 6.42 Å². The summed E-state index contributed by atoms with van der Waals surface area (Å²) in [5.41, 5.74) is -0.476. The van der Waals surface area contributed by atoms with Crippen molar-refractivity contribution in [2.45, 2.75) is 19.4 Å². The van der Waals surface area contributed by atoms with Crippen molar-refractivity contribution in [1.82, 2.24) is 5.32 Å². The fraction of sp³-hybridized carbons (Fsp3) is 0.250. The first-order chi connectivity index (χ1) is 7.85. The molecule has 17 heavy (non-hydrogen) atoms. The summed E-state index contributed by atoms with van der Waals surface area (Å²) in [5.74, 6) is 2.07. The SMILES string of the molecule is C#CC(C)(C)NC(=O)c1ccc([N+](=O)[O-])cc1. The molecule has 5 heteroatoms. The molecule has 0 saturated heterocycles. The third-order valence-electron chi connectivity index (χ3n) is 2.13. The number of terminal acetylenes is 1. The highest BCUT2D eigenvalue weighted by molar-refractivity contribution is 5.95. The number of nitrogens with zero attached hydrogens (tertiary/aromatic N) is 1. The number of rotatable bonds is 3. The number of carbonyl (C=O) groups excluding carboxylic acids is 1. The quantitative estimate of drug-likeness (QED) is 0.490. The van der Waals surface area contributed by atoms with E-state index in [0.29, 0.717) is 5.56 Å². The minimum atomic E-state index is -0.751. The van der Waals surface area contributed by atoms with E-state index < -0.39 is 10.5 Å². The normalized spacial score (nSPS) is 10.4. The highest BCUT2D eigenvalue weighted by Crippen LogP contribution is 2.12. The number of benzene rings is 1. The van der Waals surface area contributed by atoms with Crippen LogP contribution in [0.1, 0.15) is 24.2 Å². The molecule has 0 radical (unpaired) electrons. The van der Waals surface area contributed by atoms with E-state index in [1.165, 1.54) is 24.3 Å². The van der Waals surface area contributed by atoms with Gasteiger partial charge in [-0.3, -0.25) is 14.9 Å². The molecule has 1 amide bonds. The Hall–Kier alpha value is -2.35. The molecular formula is C12H12N2O3. The lowest BCUT2D eigenvalue weighted by atomic mass is 10.1. The van der Waals surface area contributed by atoms with Crippen LogP contribution in [0.2, 0.25) is 0 Å². The Morgan fingerprint density at radius 1 is 1.41 bits per heavy atom. The van der Waals surface area contributed by atoms with Crippen LogP contribution >= 0.6 is 0 Å². The number of amides is 1. The molecule has 0 spiro atoms. The summed E-state index contributed by atoms with van der Waals surface area (Å²) in [7, 11) is 0. The third kappa shape index (κ3) is 3.31. The summed E-state index contributed by atoms with van der Waals surface area (Å²) >= 11 is 0. The van der Waals surface area contributed by atoms with Gasteiger partial charge in [0.15, 0.2) is 0 Å². The maximum absolute atomic E-state index is 11.7. The van der Waals surface area contributed by atoms with E-state index in [2.05, 4.69) is 11.2 Å². The van der Waals surface area contributed by atoms with Crippen LogP contribution in [0.25, 0.3) is 0 Å². The van der Waals surface area contributed by atoms with Gasteiger partial charge < -0.3 is 5.32 Å². The minimum Gasteiger partial charge on any atom is -0.336 e. The van der Waals surface area contributed by atoms with Crippen molar-refractivity contribution in [3.63, 3.8) is 0 Å². The molecule has 1 aromatic carbocycles. The highest BCUT2D eigenvalue weighted by Gasteiger charge is 2.18. The number of non-ortho nitro benzene ring substituents is 1. The second-order valence-electron chi connectivity index (χ2n) is 4.03. The molecule has 0 bridgehead atoms. The van der Waals surface area contributed by atoms with Crippen LogP contribution in [0.4, 0.5) is 5.69 Å². The van der Waals surface area contributed by atoms with Crippen LogP contribution in [0.5, 0.6) is 0 Å². The first-order valence-electron chi connectivity index (χ1n) is 4.90. The van der Waals surface area contributed by atoms with Crippen LogP contribution in [0, 0.1) is 22.5 Å². The largest absolute Gasteiger partial charge is 0.336 e. The smallest absolute Gasteiger partial charge is 0.269 e. The van der Waals surface area contributed by atoms with Gasteiger partial charge in [0, 0.05) is 17.7 Å². The van der Waals surface area contributed by atoms with E-state index in [1.807, 2.05) is 0 Å². The van der Waals surface area contributed by atoms with Gasteiger partial charge in [-0.2, -0.15) is 0 Å². The van der Waals surface area contributed by atoms with Crippen LogP contribution in [0.3, 0.4) is 0 Å². The monoisotopic (exact) mass is 232 g/mol. The van der Waals surface area contributed by atoms with Gasteiger partial charge in [-0.25, -0.2) is 0 Å². The van der Waals surface area contributed by atoms with Crippen LogP contribution in [0.15, 0.2) is 24.3 Å². The second kappa shape index (κ2) is 4.66. The number of hydrogen-bond donors (Lipinski definition) is 1. The van der Waals surface area contributed by atoms with E-state index in [9.17, 15) is 14.9 Å². The molecule has 1 aromatic rings. The maximum Gasteiger partial charge on any atom is 0.269 e. The summed E-state index contributed by atoms with van der Waals surface area (Å²) < 4.78 is 0. The zero-order valence-electron chi connectivity index (χ0n) is 9.56. The van der Waals surface area contributed by atoms with E-state index in [0.717, 1.165) is 0 Å². The fourth-order valence-electron chi connectivity index (χ4n) is 1.13. The Bertz CT molecular complexity index is 483. The first kappa shape index (κ1) is 12.7. The second-order valence-corrected chi connectivity index (χ2v) is 4.03. The Morgan fingerprint density at radius 3 is 2.35 bits per heavy atom. The van der Waals surface area contributed by atoms with Crippen molar-refractivity contribution in [2.75, 3.05) is 0 Å². The Balaban J connectivity index is 2.85. The number of nitro groups is 1. The molecule has 0 atom stereocenters. The molecule has 0 aliphatic rings. The maximum atomic E-state index is 11.7. The van der Waals surface area contributed by atoms with Crippen LogP contribution in [-0.4, -0.2) is 16.4 Å². The van der Waals surface area contributed by atoms with Crippen LogP contribution < -0.4 is 5.32 Å². The number of hydrogen-bond acceptors (Lipinski definition) is 3. The summed E-state index contributed by atoms with van der Waals surface area (Å²) in [4.78, 5) is 21.6. The standard InChI is InChI=1S/C12H12N2O3/c1-4-12(2,3)13-11(15)9-5-7-10(8-6-9)14(16)17/h1,5-8H,2-3H3,(H,13,15). The molecule has 0 aliphatic carbocycles. The molecule has 0 unspecified atom stereocenters. The van der Waals surface area contributed by atoms with Crippen molar-refractivity contribution in [1.29, 1.82) is 0 Å². The van der Waals surface area contributed by atoms with E-state index in [4.69, 9.17) is 6.42 Å². The molecule has 1 N–H and O–H groups in total. The predicted molar refractivity (Wildman–Crippen MR) is 63.5 cm³/mol. The van der Waals surface area contributed by atoms with Gasteiger partial charge in [0.05, 0.1) is 10.5 Å². The predicted octanol–water partition coefficient (Wildman–Crippen LogP) is 1.74. The average molecular weight is 232 g/mol. The lowest BCUT2D eigenvalue weighted by molar-refractivity contribution is -0.384.